The number of hydrogen-bond acceptors (Lipinski definition) is 4. The average molecular weight is 273 g/mol. The second-order valence-corrected chi connectivity index (χ2v) is 5.89. The highest BCUT2D eigenvalue weighted by molar-refractivity contribution is 7.89. The Balaban J connectivity index is 3.03. The van der Waals surface area contributed by atoms with E-state index in [0.29, 0.717) is 5.75 Å². The van der Waals surface area contributed by atoms with Crippen LogP contribution in [0.4, 0.5) is 0 Å². The number of nitrogens with one attached hydrogen (secondary N) is 1. The molecule has 0 spiro atoms. The molecule has 0 atom stereocenters. The SMILES string of the molecule is COc1ccc(S(=O)(=O)NC(C)(C)C(=O)O)cc1. The fourth-order valence-electron chi connectivity index (χ4n) is 1.19. The van der Waals surface area contributed by atoms with Gasteiger partial charge in [-0.25, -0.2) is 8.42 Å². The maximum atomic E-state index is 11.9. The van der Waals surface area contributed by atoms with Gasteiger partial charge >= 0.3 is 5.97 Å². The molecule has 0 fully saturated rings. The van der Waals surface area contributed by atoms with E-state index in [-0.39, 0.29) is 4.90 Å². The van der Waals surface area contributed by atoms with Crippen molar-refractivity contribution in [3.8, 4) is 5.75 Å². The first-order valence-corrected chi connectivity index (χ1v) is 6.59. The average Bonchev–Trinajstić information content (AvgIpc) is 2.27. The number of aliphatic carboxylic acids is 1. The number of carboxylic acid groups (broad SMARTS) is 1. The normalized spacial score (nSPS) is 12.2. The number of sulfonamides is 1. The van der Waals surface area contributed by atoms with Gasteiger partial charge in [-0.3, -0.25) is 4.79 Å². The molecule has 1 aromatic rings. The number of methoxy groups -OCH3 is 1. The van der Waals surface area contributed by atoms with Crippen LogP contribution in [0.15, 0.2) is 29.2 Å². The lowest BCUT2D eigenvalue weighted by atomic mass is 10.1. The van der Waals surface area contributed by atoms with Crippen molar-refractivity contribution in [1.82, 2.24) is 4.72 Å². The highest BCUT2D eigenvalue weighted by Crippen LogP contribution is 2.17. The summed E-state index contributed by atoms with van der Waals surface area (Å²) in [7, 11) is -2.41. The molecule has 0 heterocycles. The summed E-state index contributed by atoms with van der Waals surface area (Å²) >= 11 is 0. The van der Waals surface area contributed by atoms with Gasteiger partial charge in [0, 0.05) is 0 Å². The van der Waals surface area contributed by atoms with Crippen molar-refractivity contribution in [3.05, 3.63) is 24.3 Å². The van der Waals surface area contributed by atoms with Crippen LogP contribution in [0.25, 0.3) is 0 Å². The highest BCUT2D eigenvalue weighted by Gasteiger charge is 2.32. The zero-order chi connectivity index (χ0) is 14.0. The van der Waals surface area contributed by atoms with E-state index < -0.39 is 21.5 Å². The number of carboxylic acids is 1. The molecule has 1 rings (SSSR count). The van der Waals surface area contributed by atoms with E-state index in [1.54, 1.807) is 0 Å². The lowest BCUT2D eigenvalue weighted by Gasteiger charge is -2.20. The standard InChI is InChI=1S/C11H15NO5S/c1-11(2,10(13)14)12-18(15,16)9-6-4-8(17-3)5-7-9/h4-7,12H,1-3H3,(H,13,14). The van der Waals surface area contributed by atoms with E-state index in [1.807, 2.05) is 0 Å². The molecule has 0 bridgehead atoms. The van der Waals surface area contributed by atoms with Gasteiger partial charge in [0.25, 0.3) is 0 Å². The third-order valence-corrected chi connectivity index (χ3v) is 3.97. The van der Waals surface area contributed by atoms with Crippen molar-refractivity contribution in [3.63, 3.8) is 0 Å². The Bertz CT molecular complexity index is 533. The van der Waals surface area contributed by atoms with Crippen LogP contribution in [0.3, 0.4) is 0 Å². The van der Waals surface area contributed by atoms with Gasteiger partial charge in [0.1, 0.15) is 11.3 Å². The van der Waals surface area contributed by atoms with Crippen LogP contribution in [0, 0.1) is 0 Å². The molecule has 18 heavy (non-hydrogen) atoms. The van der Waals surface area contributed by atoms with Gasteiger partial charge in [-0.15, -0.1) is 0 Å². The van der Waals surface area contributed by atoms with Crippen molar-refractivity contribution >= 4 is 16.0 Å². The van der Waals surface area contributed by atoms with E-state index >= 15 is 0 Å². The summed E-state index contributed by atoms with van der Waals surface area (Å²) in [6.07, 6.45) is 0. The molecule has 0 saturated heterocycles. The summed E-state index contributed by atoms with van der Waals surface area (Å²) in [5.74, 6) is -0.731. The summed E-state index contributed by atoms with van der Waals surface area (Å²) in [5.41, 5.74) is -1.57. The van der Waals surface area contributed by atoms with E-state index in [1.165, 1.54) is 45.2 Å². The lowest BCUT2D eigenvalue weighted by Crippen LogP contribution is -2.49. The Morgan fingerprint density at radius 2 is 1.78 bits per heavy atom. The maximum absolute atomic E-state index is 11.9. The minimum Gasteiger partial charge on any atom is -0.497 e. The minimum atomic E-state index is -3.87. The summed E-state index contributed by atoms with van der Waals surface area (Å²) in [6, 6.07) is 5.67. The van der Waals surface area contributed by atoms with Gasteiger partial charge in [0.2, 0.25) is 10.0 Å². The van der Waals surface area contributed by atoms with Crippen LogP contribution in [0.1, 0.15) is 13.8 Å². The molecular weight excluding hydrogens is 258 g/mol. The van der Waals surface area contributed by atoms with Crippen LogP contribution in [-0.4, -0.2) is 32.1 Å². The molecule has 0 amide bonds. The van der Waals surface area contributed by atoms with E-state index in [2.05, 4.69) is 4.72 Å². The zero-order valence-electron chi connectivity index (χ0n) is 10.3. The summed E-state index contributed by atoms with van der Waals surface area (Å²) < 4.78 is 30.9. The molecular formula is C11H15NO5S. The topological polar surface area (TPSA) is 92.7 Å². The Hall–Kier alpha value is -1.60. The minimum absolute atomic E-state index is 0.0161. The summed E-state index contributed by atoms with van der Waals surface area (Å²) in [4.78, 5) is 10.9. The van der Waals surface area contributed by atoms with E-state index in [9.17, 15) is 13.2 Å². The van der Waals surface area contributed by atoms with E-state index in [4.69, 9.17) is 9.84 Å². The van der Waals surface area contributed by atoms with Crippen LogP contribution < -0.4 is 9.46 Å². The number of carbonyl (C=O) groups is 1. The van der Waals surface area contributed by atoms with Gasteiger partial charge in [0.05, 0.1) is 12.0 Å². The third kappa shape index (κ3) is 3.21. The van der Waals surface area contributed by atoms with Gasteiger partial charge in [-0.05, 0) is 38.1 Å². The monoisotopic (exact) mass is 273 g/mol. The Morgan fingerprint density at radius 3 is 2.17 bits per heavy atom. The van der Waals surface area contributed by atoms with Crippen LogP contribution in [0.5, 0.6) is 5.75 Å². The molecule has 7 heteroatoms. The molecule has 0 aromatic heterocycles. The molecule has 0 unspecified atom stereocenters. The van der Waals surface area contributed by atoms with Crippen LogP contribution in [-0.2, 0) is 14.8 Å². The Morgan fingerprint density at radius 1 is 1.28 bits per heavy atom. The quantitative estimate of drug-likeness (QED) is 0.829. The number of rotatable bonds is 5. The first-order valence-electron chi connectivity index (χ1n) is 5.10. The predicted molar refractivity (Wildman–Crippen MR) is 65.0 cm³/mol. The molecule has 0 aliphatic rings. The molecule has 100 valence electrons. The molecule has 0 radical (unpaired) electrons. The van der Waals surface area contributed by atoms with Crippen LogP contribution in [0.2, 0.25) is 0 Å². The number of benzene rings is 1. The molecule has 0 aliphatic heterocycles. The third-order valence-electron chi connectivity index (χ3n) is 2.29. The van der Waals surface area contributed by atoms with Crippen molar-refractivity contribution in [1.29, 1.82) is 0 Å². The lowest BCUT2D eigenvalue weighted by molar-refractivity contribution is -0.142. The first-order chi connectivity index (χ1) is 8.19. The Labute approximate surface area is 106 Å². The molecule has 1 aromatic carbocycles. The van der Waals surface area contributed by atoms with Crippen LogP contribution >= 0.6 is 0 Å². The molecule has 6 nitrogen and oxygen atoms in total. The maximum Gasteiger partial charge on any atom is 0.324 e. The Kier molecular flexibility index (Phi) is 3.98. The fourth-order valence-corrected chi connectivity index (χ4v) is 2.56. The van der Waals surface area contributed by atoms with Crippen molar-refractivity contribution in [2.24, 2.45) is 0 Å². The molecule has 0 aliphatic carbocycles. The largest absolute Gasteiger partial charge is 0.497 e. The predicted octanol–water partition coefficient (Wildman–Crippen LogP) is 0.837. The van der Waals surface area contributed by atoms with Crippen molar-refractivity contribution in [2.75, 3.05) is 7.11 Å². The zero-order valence-corrected chi connectivity index (χ0v) is 11.1. The second-order valence-electron chi connectivity index (χ2n) is 4.21. The van der Waals surface area contributed by atoms with Gasteiger partial charge < -0.3 is 9.84 Å². The summed E-state index contributed by atoms with van der Waals surface area (Å²) in [6.45, 7) is 2.55. The number of ether oxygens (including phenoxy) is 1. The van der Waals surface area contributed by atoms with E-state index in [0.717, 1.165) is 0 Å². The van der Waals surface area contributed by atoms with Gasteiger partial charge in [-0.2, -0.15) is 4.72 Å². The summed E-state index contributed by atoms with van der Waals surface area (Å²) in [5, 5.41) is 8.89. The van der Waals surface area contributed by atoms with Gasteiger partial charge in [0.15, 0.2) is 0 Å². The highest BCUT2D eigenvalue weighted by atomic mass is 32.2. The van der Waals surface area contributed by atoms with Crippen molar-refractivity contribution in [2.45, 2.75) is 24.3 Å². The van der Waals surface area contributed by atoms with Crippen molar-refractivity contribution < 1.29 is 23.1 Å². The smallest absolute Gasteiger partial charge is 0.324 e. The molecule has 0 saturated carbocycles. The van der Waals surface area contributed by atoms with Gasteiger partial charge in [-0.1, -0.05) is 0 Å². The second kappa shape index (κ2) is 4.95. The number of hydrogen-bond donors (Lipinski definition) is 2. The first kappa shape index (κ1) is 14.5. The molecule has 2 N–H and O–H groups in total. The fraction of sp³-hybridized carbons (Fsp3) is 0.364.